The minimum absolute atomic E-state index is 0.0560. The van der Waals surface area contributed by atoms with Crippen molar-refractivity contribution in [3.63, 3.8) is 0 Å². The van der Waals surface area contributed by atoms with Gasteiger partial charge < -0.3 is 9.84 Å². The lowest BCUT2D eigenvalue weighted by molar-refractivity contribution is -0.0403. The van der Waals surface area contributed by atoms with E-state index in [1.54, 1.807) is 0 Å². The minimum atomic E-state index is -0.278. The van der Waals surface area contributed by atoms with Crippen LogP contribution in [0.15, 0.2) is 12.7 Å². The van der Waals surface area contributed by atoms with E-state index in [0.717, 1.165) is 25.7 Å². The number of hydrogen-bond donors (Lipinski definition) is 1. The molecule has 2 rings (SSSR count). The first kappa shape index (κ1) is 22.6. The smallest absolute Gasteiger partial charge is 0.0897 e. The number of allylic oxidation sites excluding steroid dienone is 1. The molecule has 0 unspecified atom stereocenters. The second kappa shape index (κ2) is 12.7. The van der Waals surface area contributed by atoms with Crippen LogP contribution in [-0.4, -0.2) is 39.0 Å². The fourth-order valence-corrected chi connectivity index (χ4v) is 7.69. The molecule has 26 heavy (non-hydrogen) atoms. The van der Waals surface area contributed by atoms with Crippen molar-refractivity contribution in [3.05, 3.63) is 12.7 Å². The maximum Gasteiger partial charge on any atom is 0.0897 e. The van der Waals surface area contributed by atoms with Crippen LogP contribution in [0.2, 0.25) is 0 Å². The number of aliphatic hydroxyl groups excluding tert-OH is 1. The Hall–Kier alpha value is 0.360. The monoisotopic (exact) mass is 400 g/mol. The molecule has 2 saturated heterocycles. The summed E-state index contributed by atoms with van der Waals surface area (Å²) in [4.78, 5) is 0. The van der Waals surface area contributed by atoms with Crippen LogP contribution in [-0.2, 0) is 4.74 Å². The van der Waals surface area contributed by atoms with Gasteiger partial charge in [-0.2, -0.15) is 0 Å². The molecule has 0 saturated carbocycles. The van der Waals surface area contributed by atoms with Crippen LogP contribution in [0.1, 0.15) is 90.4 Å². The summed E-state index contributed by atoms with van der Waals surface area (Å²) in [6.45, 7) is 6.04. The molecule has 4 heteroatoms. The normalized spacial score (nSPS) is 26.2. The third kappa shape index (κ3) is 7.07. The van der Waals surface area contributed by atoms with E-state index < -0.39 is 0 Å². The molecule has 0 aromatic carbocycles. The van der Waals surface area contributed by atoms with Gasteiger partial charge in [0, 0.05) is 6.42 Å². The van der Waals surface area contributed by atoms with Gasteiger partial charge in [0.05, 0.1) is 22.4 Å². The van der Waals surface area contributed by atoms with E-state index in [-0.39, 0.29) is 16.3 Å². The summed E-state index contributed by atoms with van der Waals surface area (Å²) in [6.07, 6.45) is 17.7. The summed E-state index contributed by atoms with van der Waals surface area (Å²) in [5, 5.41) is 10.7. The van der Waals surface area contributed by atoms with E-state index in [1.165, 1.54) is 69.3 Å². The lowest BCUT2D eigenvalue weighted by Crippen LogP contribution is -2.34. The topological polar surface area (TPSA) is 29.5 Å². The zero-order valence-electron chi connectivity index (χ0n) is 16.8. The molecule has 0 amide bonds. The molecular formula is C22H40O2S2. The van der Waals surface area contributed by atoms with Gasteiger partial charge in [-0.1, -0.05) is 57.9 Å². The molecule has 0 aliphatic carbocycles. The van der Waals surface area contributed by atoms with Gasteiger partial charge in [-0.15, -0.1) is 30.1 Å². The Balaban J connectivity index is 1.74. The van der Waals surface area contributed by atoms with Crippen molar-refractivity contribution in [1.82, 2.24) is 0 Å². The number of ether oxygens (including phenoxy) is 1. The van der Waals surface area contributed by atoms with Gasteiger partial charge in [0.2, 0.25) is 0 Å². The Labute approximate surface area is 170 Å². The predicted molar refractivity (Wildman–Crippen MR) is 118 cm³/mol. The summed E-state index contributed by atoms with van der Waals surface area (Å²) in [6, 6.07) is 0. The van der Waals surface area contributed by atoms with Crippen molar-refractivity contribution in [2.75, 3.05) is 11.5 Å². The lowest BCUT2D eigenvalue weighted by atomic mass is 10.0. The summed E-state index contributed by atoms with van der Waals surface area (Å²) in [5.74, 6) is 2.52. The van der Waals surface area contributed by atoms with E-state index in [9.17, 15) is 5.11 Å². The van der Waals surface area contributed by atoms with Crippen LogP contribution >= 0.6 is 23.5 Å². The van der Waals surface area contributed by atoms with Gasteiger partial charge in [0.15, 0.2) is 0 Å². The van der Waals surface area contributed by atoms with Crippen LogP contribution in [0.5, 0.6) is 0 Å². The van der Waals surface area contributed by atoms with Gasteiger partial charge >= 0.3 is 0 Å². The van der Waals surface area contributed by atoms with Crippen LogP contribution < -0.4 is 0 Å². The van der Waals surface area contributed by atoms with E-state index in [0.29, 0.717) is 6.10 Å². The number of thioether (sulfide) groups is 2. The Morgan fingerprint density at radius 3 is 2.58 bits per heavy atom. The maximum atomic E-state index is 10.7. The van der Waals surface area contributed by atoms with E-state index in [1.807, 2.05) is 6.08 Å². The minimum Gasteiger partial charge on any atom is -0.390 e. The molecule has 1 spiro atoms. The zero-order valence-corrected chi connectivity index (χ0v) is 18.4. The average molecular weight is 401 g/mol. The number of rotatable bonds is 13. The SMILES string of the molecule is C=CCCCCCCC[C@@H](O)[C@H]1CC2(SCCCS2)[C@H](CCCCC)O1. The average Bonchev–Trinajstić information content (AvgIpc) is 2.99. The van der Waals surface area contributed by atoms with E-state index in [2.05, 4.69) is 37.0 Å². The Morgan fingerprint density at radius 2 is 1.85 bits per heavy atom. The van der Waals surface area contributed by atoms with Gasteiger partial charge in [-0.3, -0.25) is 0 Å². The van der Waals surface area contributed by atoms with Crippen molar-refractivity contribution in [3.8, 4) is 0 Å². The largest absolute Gasteiger partial charge is 0.390 e. The van der Waals surface area contributed by atoms with Gasteiger partial charge in [-0.25, -0.2) is 0 Å². The molecule has 152 valence electrons. The van der Waals surface area contributed by atoms with E-state index in [4.69, 9.17) is 4.74 Å². The third-order valence-corrected chi connectivity index (χ3v) is 9.23. The van der Waals surface area contributed by atoms with Crippen molar-refractivity contribution < 1.29 is 9.84 Å². The summed E-state index contributed by atoms with van der Waals surface area (Å²) >= 11 is 4.24. The summed E-state index contributed by atoms with van der Waals surface area (Å²) in [5.41, 5.74) is 0. The highest BCUT2D eigenvalue weighted by atomic mass is 32.2. The molecule has 1 N–H and O–H groups in total. The maximum absolute atomic E-state index is 10.7. The first-order valence-corrected chi connectivity index (χ1v) is 12.9. The van der Waals surface area contributed by atoms with Crippen LogP contribution in [0.25, 0.3) is 0 Å². The first-order valence-electron chi connectivity index (χ1n) is 10.9. The molecule has 0 bridgehead atoms. The summed E-state index contributed by atoms with van der Waals surface area (Å²) in [7, 11) is 0. The van der Waals surface area contributed by atoms with Crippen LogP contribution in [0, 0.1) is 0 Å². The van der Waals surface area contributed by atoms with Gasteiger partial charge in [-0.05, 0) is 43.6 Å². The van der Waals surface area contributed by atoms with Crippen molar-refractivity contribution in [2.24, 2.45) is 0 Å². The fourth-order valence-electron chi connectivity index (χ4n) is 4.12. The standard InChI is InChI=1S/C22H40O2S2/c1-3-5-7-8-9-10-12-14-19(23)20-18-22(25-16-13-17-26-22)21(24-20)15-11-6-4-2/h3,19-21,23H,1,4-18H2,2H3/t19-,20-,21+/m1/s1. The number of unbranched alkanes of at least 4 members (excludes halogenated alkanes) is 7. The molecule has 2 fully saturated rings. The molecular weight excluding hydrogens is 360 g/mol. The second-order valence-corrected chi connectivity index (χ2v) is 11.0. The highest BCUT2D eigenvalue weighted by Gasteiger charge is 2.51. The van der Waals surface area contributed by atoms with Crippen LogP contribution in [0.3, 0.4) is 0 Å². The van der Waals surface area contributed by atoms with Gasteiger partial charge in [0.1, 0.15) is 0 Å². The molecule has 0 aromatic heterocycles. The lowest BCUT2D eigenvalue weighted by Gasteiger charge is -2.36. The Bertz CT molecular complexity index is 382. The fraction of sp³-hybridized carbons (Fsp3) is 0.909. The molecule has 3 atom stereocenters. The highest BCUT2D eigenvalue weighted by Crippen LogP contribution is 2.54. The van der Waals surface area contributed by atoms with Crippen molar-refractivity contribution in [2.45, 2.75) is 113 Å². The van der Waals surface area contributed by atoms with Crippen molar-refractivity contribution >= 4 is 23.5 Å². The van der Waals surface area contributed by atoms with Crippen LogP contribution in [0.4, 0.5) is 0 Å². The predicted octanol–water partition coefficient (Wildman–Crippen LogP) is 6.57. The molecule has 2 aliphatic rings. The third-order valence-electron chi connectivity index (χ3n) is 5.70. The summed E-state index contributed by atoms with van der Waals surface area (Å²) < 4.78 is 6.70. The van der Waals surface area contributed by atoms with Crippen molar-refractivity contribution in [1.29, 1.82) is 0 Å². The highest BCUT2D eigenvalue weighted by molar-refractivity contribution is 8.18. The molecule has 0 radical (unpaired) electrons. The molecule has 0 aromatic rings. The number of hydrogen-bond acceptors (Lipinski definition) is 4. The number of aliphatic hydroxyl groups is 1. The Kier molecular flexibility index (Phi) is 11.1. The second-order valence-electron chi connectivity index (χ2n) is 7.93. The zero-order chi connectivity index (χ0) is 18.7. The molecule has 2 nitrogen and oxygen atoms in total. The Morgan fingerprint density at radius 1 is 1.12 bits per heavy atom. The molecule has 2 heterocycles. The quantitative estimate of drug-likeness (QED) is 0.280. The van der Waals surface area contributed by atoms with Gasteiger partial charge in [0.25, 0.3) is 0 Å². The van der Waals surface area contributed by atoms with E-state index >= 15 is 0 Å². The first-order chi connectivity index (χ1) is 12.7. The molecule has 2 aliphatic heterocycles.